The highest BCUT2D eigenvalue weighted by atomic mass is 32.2. The first kappa shape index (κ1) is 20.9. The molecule has 0 bridgehead atoms. The van der Waals surface area contributed by atoms with Crippen LogP contribution >= 0.6 is 0 Å². The normalized spacial score (nSPS) is 24.7. The van der Waals surface area contributed by atoms with Crippen molar-refractivity contribution in [2.45, 2.75) is 36.4 Å². The zero-order valence-electron chi connectivity index (χ0n) is 16.4. The summed E-state index contributed by atoms with van der Waals surface area (Å²) in [5, 5.41) is 0. The summed E-state index contributed by atoms with van der Waals surface area (Å²) >= 11 is 0. The van der Waals surface area contributed by atoms with E-state index in [1.165, 1.54) is 27.9 Å². The molecule has 9 nitrogen and oxygen atoms in total. The molecule has 29 heavy (non-hydrogen) atoms. The van der Waals surface area contributed by atoms with Crippen molar-refractivity contribution < 1.29 is 31.0 Å². The van der Waals surface area contributed by atoms with Crippen LogP contribution in [0.15, 0.2) is 23.1 Å². The number of hydrogen-bond acceptors (Lipinski definition) is 7. The predicted octanol–water partition coefficient (Wildman–Crippen LogP) is 1.15. The minimum Gasteiger partial charge on any atom is -0.495 e. The fourth-order valence-corrected chi connectivity index (χ4v) is 7.34. The van der Waals surface area contributed by atoms with Gasteiger partial charge in [0.25, 0.3) is 0 Å². The Kier molecular flexibility index (Phi) is 5.53. The molecule has 0 N–H and O–H groups in total. The average Bonchev–Trinajstić information content (AvgIpc) is 3.15. The van der Waals surface area contributed by atoms with Crippen LogP contribution in [0.25, 0.3) is 0 Å². The summed E-state index contributed by atoms with van der Waals surface area (Å²) in [6.45, 7) is 1.91. The number of rotatable bonds is 4. The number of sulfonamides is 2. The third-order valence-corrected chi connectivity index (χ3v) is 9.49. The van der Waals surface area contributed by atoms with Crippen LogP contribution < -0.4 is 9.04 Å². The van der Waals surface area contributed by atoms with Crippen LogP contribution in [0.1, 0.15) is 25.7 Å². The molecule has 4 rings (SSSR count). The molecular formula is C18H26N2O7S2. The fraction of sp³-hybridized carbons (Fsp3) is 0.667. The Bertz CT molecular complexity index is 962. The third kappa shape index (κ3) is 3.86. The van der Waals surface area contributed by atoms with Crippen molar-refractivity contribution in [2.75, 3.05) is 50.0 Å². The number of hydrogen-bond donors (Lipinski definition) is 0. The lowest BCUT2D eigenvalue weighted by Crippen LogP contribution is -2.47. The van der Waals surface area contributed by atoms with Crippen LogP contribution in [0.3, 0.4) is 0 Å². The van der Waals surface area contributed by atoms with Crippen LogP contribution in [0.4, 0.5) is 5.69 Å². The van der Waals surface area contributed by atoms with Crippen molar-refractivity contribution in [2.24, 2.45) is 0 Å². The van der Waals surface area contributed by atoms with Gasteiger partial charge in [0, 0.05) is 32.5 Å². The molecule has 0 saturated carbocycles. The first-order valence-electron chi connectivity index (χ1n) is 9.74. The van der Waals surface area contributed by atoms with Gasteiger partial charge in [0.05, 0.1) is 31.8 Å². The number of piperidine rings is 1. The zero-order chi connectivity index (χ0) is 20.7. The highest BCUT2D eigenvalue weighted by Gasteiger charge is 2.43. The number of anilines is 1. The molecule has 0 radical (unpaired) electrons. The van der Waals surface area contributed by atoms with Crippen LogP contribution in [-0.2, 0) is 29.5 Å². The number of benzene rings is 1. The Hall–Kier alpha value is -1.40. The Balaban J connectivity index is 1.64. The lowest BCUT2D eigenvalue weighted by molar-refractivity contribution is -0.179. The summed E-state index contributed by atoms with van der Waals surface area (Å²) < 4.78 is 70.9. The first-order valence-corrected chi connectivity index (χ1v) is 12.8. The van der Waals surface area contributed by atoms with Crippen molar-refractivity contribution in [3.8, 4) is 5.75 Å². The van der Waals surface area contributed by atoms with Gasteiger partial charge in [0.15, 0.2) is 5.79 Å². The van der Waals surface area contributed by atoms with E-state index >= 15 is 0 Å². The van der Waals surface area contributed by atoms with Crippen LogP contribution in [-0.4, -0.2) is 72.6 Å². The third-order valence-electron chi connectivity index (χ3n) is 5.70. The Morgan fingerprint density at radius 2 is 1.76 bits per heavy atom. The quantitative estimate of drug-likeness (QED) is 0.684. The molecule has 162 valence electrons. The lowest BCUT2D eigenvalue weighted by Gasteiger charge is -2.37. The molecule has 11 heteroatoms. The van der Waals surface area contributed by atoms with E-state index in [-0.39, 0.29) is 29.5 Å². The largest absolute Gasteiger partial charge is 0.495 e. The highest BCUT2D eigenvalue weighted by molar-refractivity contribution is 7.92. The van der Waals surface area contributed by atoms with E-state index in [1.807, 2.05) is 0 Å². The monoisotopic (exact) mass is 446 g/mol. The molecule has 0 aromatic heterocycles. The topological polar surface area (TPSA) is 102 Å². The van der Waals surface area contributed by atoms with E-state index in [2.05, 4.69) is 0 Å². The number of nitrogens with zero attached hydrogens (tertiary/aromatic N) is 2. The maximum absolute atomic E-state index is 13.4. The second-order valence-electron chi connectivity index (χ2n) is 7.44. The van der Waals surface area contributed by atoms with Gasteiger partial charge in [-0.15, -0.1) is 0 Å². The maximum atomic E-state index is 13.4. The summed E-state index contributed by atoms with van der Waals surface area (Å²) in [5.74, 6) is -0.424. The Labute approximate surface area is 171 Å². The molecule has 0 unspecified atom stereocenters. The van der Waals surface area contributed by atoms with Gasteiger partial charge in [0.2, 0.25) is 20.0 Å². The molecule has 1 spiro atoms. The smallest absolute Gasteiger partial charge is 0.246 e. The van der Waals surface area contributed by atoms with Crippen molar-refractivity contribution in [3.05, 3.63) is 18.2 Å². The maximum Gasteiger partial charge on any atom is 0.246 e. The van der Waals surface area contributed by atoms with Gasteiger partial charge < -0.3 is 14.2 Å². The predicted molar refractivity (Wildman–Crippen MR) is 106 cm³/mol. The highest BCUT2D eigenvalue weighted by Crippen LogP contribution is 2.37. The van der Waals surface area contributed by atoms with E-state index in [9.17, 15) is 16.8 Å². The standard InChI is InChI=1S/C18H26N2O7S2/c1-25-16-5-4-15(20-8-2-3-13-28(20,21)22)14-17(16)29(23,24)19-9-6-18(7-10-19)26-11-12-27-18/h4-5,14H,2-3,6-13H2,1H3. The molecule has 1 aromatic carbocycles. The molecule has 0 aliphatic carbocycles. The van der Waals surface area contributed by atoms with Gasteiger partial charge in [-0.25, -0.2) is 16.8 Å². The van der Waals surface area contributed by atoms with Crippen LogP contribution in [0.5, 0.6) is 5.75 Å². The van der Waals surface area contributed by atoms with E-state index in [0.29, 0.717) is 44.7 Å². The molecule has 0 atom stereocenters. The molecule has 3 aliphatic heterocycles. The summed E-state index contributed by atoms with van der Waals surface area (Å²) in [7, 11) is -5.92. The van der Waals surface area contributed by atoms with Gasteiger partial charge in [-0.05, 0) is 31.0 Å². The van der Waals surface area contributed by atoms with Crippen molar-refractivity contribution in [1.82, 2.24) is 4.31 Å². The SMILES string of the molecule is COc1ccc(N2CCCCS2(=O)=O)cc1S(=O)(=O)N1CCC2(CC1)OCCO2. The van der Waals surface area contributed by atoms with Gasteiger partial charge in [-0.2, -0.15) is 4.31 Å². The second-order valence-corrected chi connectivity index (χ2v) is 11.4. The molecule has 1 aromatic rings. The minimum absolute atomic E-state index is 0.0255. The van der Waals surface area contributed by atoms with E-state index in [1.54, 1.807) is 6.07 Å². The fourth-order valence-electron chi connectivity index (χ4n) is 4.09. The first-order chi connectivity index (χ1) is 13.8. The van der Waals surface area contributed by atoms with E-state index in [0.717, 1.165) is 6.42 Å². The van der Waals surface area contributed by atoms with Gasteiger partial charge >= 0.3 is 0 Å². The molecule has 3 heterocycles. The Morgan fingerprint density at radius 3 is 2.38 bits per heavy atom. The van der Waals surface area contributed by atoms with E-state index in [4.69, 9.17) is 14.2 Å². The van der Waals surface area contributed by atoms with Crippen molar-refractivity contribution in [3.63, 3.8) is 0 Å². The van der Waals surface area contributed by atoms with Crippen LogP contribution in [0.2, 0.25) is 0 Å². The molecule has 3 aliphatic rings. The molecule has 0 amide bonds. The van der Waals surface area contributed by atoms with Gasteiger partial charge in [-0.1, -0.05) is 0 Å². The Morgan fingerprint density at radius 1 is 1.07 bits per heavy atom. The summed E-state index contributed by atoms with van der Waals surface area (Å²) in [6, 6.07) is 4.51. The van der Waals surface area contributed by atoms with Crippen molar-refractivity contribution >= 4 is 25.7 Å². The molecule has 3 saturated heterocycles. The number of methoxy groups -OCH3 is 1. The molecular weight excluding hydrogens is 420 g/mol. The minimum atomic E-state index is -3.87. The average molecular weight is 447 g/mol. The second kappa shape index (κ2) is 7.69. The van der Waals surface area contributed by atoms with E-state index < -0.39 is 25.8 Å². The summed E-state index contributed by atoms with van der Waals surface area (Å²) in [4.78, 5) is -0.0255. The van der Waals surface area contributed by atoms with Crippen molar-refractivity contribution in [1.29, 1.82) is 0 Å². The lowest BCUT2D eigenvalue weighted by atomic mass is 10.1. The molecule has 3 fully saturated rings. The van der Waals surface area contributed by atoms with Crippen LogP contribution in [0, 0.1) is 0 Å². The summed E-state index contributed by atoms with van der Waals surface area (Å²) in [5.41, 5.74) is 0.347. The summed E-state index contributed by atoms with van der Waals surface area (Å²) in [6.07, 6.45) is 2.25. The van der Waals surface area contributed by atoms with Gasteiger partial charge in [0.1, 0.15) is 10.6 Å². The van der Waals surface area contributed by atoms with Gasteiger partial charge in [-0.3, -0.25) is 4.31 Å². The number of ether oxygens (including phenoxy) is 3. The zero-order valence-corrected chi connectivity index (χ0v) is 18.0.